The van der Waals surface area contributed by atoms with Crippen molar-refractivity contribution < 1.29 is 0 Å². The molecule has 4 heteroatoms. The van der Waals surface area contributed by atoms with Crippen LogP contribution in [0.4, 0.5) is 0 Å². The topological polar surface area (TPSA) is 49.6 Å². The van der Waals surface area contributed by atoms with Gasteiger partial charge in [0.2, 0.25) is 0 Å². The highest BCUT2D eigenvalue weighted by atomic mass is 35.5. The molecule has 0 unspecified atom stereocenters. The molecule has 0 spiro atoms. The Bertz CT molecular complexity index is 823. The third-order valence-electron chi connectivity index (χ3n) is 3.01. The Morgan fingerprint density at radius 2 is 1.62 bits per heavy atom. The Morgan fingerprint density at radius 3 is 2.38 bits per heavy atom. The van der Waals surface area contributed by atoms with E-state index in [-0.39, 0.29) is 0 Å². The van der Waals surface area contributed by atoms with Gasteiger partial charge in [-0.25, -0.2) is 9.97 Å². The Balaban J connectivity index is 2.12. The average Bonchev–Trinajstić information content (AvgIpc) is 2.55. The van der Waals surface area contributed by atoms with E-state index in [0.29, 0.717) is 16.5 Å². The van der Waals surface area contributed by atoms with Crippen LogP contribution in [0.25, 0.3) is 22.6 Å². The molecule has 0 fully saturated rings. The number of hydrogen-bond acceptors (Lipinski definition) is 3. The zero-order valence-corrected chi connectivity index (χ0v) is 11.7. The second-order valence-corrected chi connectivity index (χ2v) is 4.85. The normalized spacial score (nSPS) is 10.1. The summed E-state index contributed by atoms with van der Waals surface area (Å²) in [4.78, 5) is 8.79. The minimum absolute atomic E-state index is 0.376. The summed E-state index contributed by atoms with van der Waals surface area (Å²) in [5.74, 6) is 0.512. The summed E-state index contributed by atoms with van der Waals surface area (Å²) < 4.78 is 0. The molecular weight excluding hydrogens is 282 g/mol. The summed E-state index contributed by atoms with van der Waals surface area (Å²) in [6.45, 7) is 0. The Morgan fingerprint density at radius 1 is 0.857 bits per heavy atom. The molecule has 0 saturated carbocycles. The van der Waals surface area contributed by atoms with Gasteiger partial charge in [0.05, 0.1) is 17.3 Å². The van der Waals surface area contributed by atoms with E-state index in [2.05, 4.69) is 16.0 Å². The van der Waals surface area contributed by atoms with Crippen molar-refractivity contribution in [3.8, 4) is 28.7 Å². The smallest absolute Gasteiger partial charge is 0.161 e. The van der Waals surface area contributed by atoms with E-state index in [1.54, 1.807) is 24.3 Å². The molecule has 0 saturated heterocycles. The molecule has 3 nitrogen and oxygen atoms in total. The molecule has 3 rings (SSSR count). The van der Waals surface area contributed by atoms with Crippen molar-refractivity contribution in [2.24, 2.45) is 0 Å². The van der Waals surface area contributed by atoms with Gasteiger partial charge in [0, 0.05) is 17.2 Å². The van der Waals surface area contributed by atoms with E-state index >= 15 is 0 Å². The standard InChI is InChI=1S/C17H10ClN3/c18-16-10-15(13-6-2-1-3-7-13)20-17(21-16)14-8-4-5-12(9-14)11-19/h1-10H. The number of hydrogen-bond donors (Lipinski definition) is 0. The van der Waals surface area contributed by atoms with E-state index in [9.17, 15) is 0 Å². The van der Waals surface area contributed by atoms with Gasteiger partial charge >= 0.3 is 0 Å². The molecule has 100 valence electrons. The minimum Gasteiger partial charge on any atom is -0.228 e. The lowest BCUT2D eigenvalue weighted by molar-refractivity contribution is 1.18. The van der Waals surface area contributed by atoms with Gasteiger partial charge in [-0.2, -0.15) is 5.26 Å². The van der Waals surface area contributed by atoms with Gasteiger partial charge in [-0.3, -0.25) is 0 Å². The zero-order valence-electron chi connectivity index (χ0n) is 11.0. The molecule has 0 N–H and O–H groups in total. The van der Waals surface area contributed by atoms with Crippen LogP contribution in [-0.2, 0) is 0 Å². The molecule has 1 heterocycles. The highest BCUT2D eigenvalue weighted by Crippen LogP contribution is 2.24. The van der Waals surface area contributed by atoms with Crippen molar-refractivity contribution in [2.45, 2.75) is 0 Å². The van der Waals surface area contributed by atoms with Crippen molar-refractivity contribution >= 4 is 11.6 Å². The summed E-state index contributed by atoms with van der Waals surface area (Å²) in [5.41, 5.74) is 3.07. The third-order valence-corrected chi connectivity index (χ3v) is 3.21. The van der Waals surface area contributed by atoms with Crippen molar-refractivity contribution in [1.29, 1.82) is 5.26 Å². The van der Waals surface area contributed by atoms with Crippen LogP contribution in [-0.4, -0.2) is 9.97 Å². The average molecular weight is 292 g/mol. The maximum absolute atomic E-state index is 8.98. The number of halogens is 1. The lowest BCUT2D eigenvalue weighted by Crippen LogP contribution is -1.93. The molecule has 21 heavy (non-hydrogen) atoms. The molecule has 3 aromatic rings. The van der Waals surface area contributed by atoms with Gasteiger partial charge in [-0.1, -0.05) is 54.1 Å². The molecule has 2 aromatic carbocycles. The number of aromatic nitrogens is 2. The lowest BCUT2D eigenvalue weighted by atomic mass is 10.1. The Hall–Kier alpha value is -2.70. The highest BCUT2D eigenvalue weighted by Gasteiger charge is 2.08. The SMILES string of the molecule is N#Cc1cccc(-c2nc(Cl)cc(-c3ccccc3)n2)c1. The summed E-state index contributed by atoms with van der Waals surface area (Å²) >= 11 is 6.11. The predicted octanol–water partition coefficient (Wildman–Crippen LogP) is 4.34. The van der Waals surface area contributed by atoms with Crippen LogP contribution >= 0.6 is 11.6 Å². The highest BCUT2D eigenvalue weighted by molar-refractivity contribution is 6.29. The van der Waals surface area contributed by atoms with Gasteiger partial charge < -0.3 is 0 Å². The zero-order chi connectivity index (χ0) is 14.7. The summed E-state index contributed by atoms with van der Waals surface area (Å²) in [6.07, 6.45) is 0. The van der Waals surface area contributed by atoms with Crippen LogP contribution in [0.15, 0.2) is 60.7 Å². The second kappa shape index (κ2) is 5.74. The fraction of sp³-hybridized carbons (Fsp3) is 0. The lowest BCUT2D eigenvalue weighted by Gasteiger charge is -2.06. The third kappa shape index (κ3) is 2.91. The summed E-state index contributed by atoms with van der Waals surface area (Å²) in [5, 5.41) is 9.36. The van der Waals surface area contributed by atoms with Crippen LogP contribution < -0.4 is 0 Å². The van der Waals surface area contributed by atoms with Crippen LogP contribution in [0.2, 0.25) is 5.15 Å². The molecule has 1 aromatic heterocycles. The van der Waals surface area contributed by atoms with Crippen molar-refractivity contribution in [1.82, 2.24) is 9.97 Å². The van der Waals surface area contributed by atoms with Crippen molar-refractivity contribution in [3.05, 3.63) is 71.4 Å². The second-order valence-electron chi connectivity index (χ2n) is 4.46. The van der Waals surface area contributed by atoms with Gasteiger partial charge in [-0.05, 0) is 12.1 Å². The van der Waals surface area contributed by atoms with Gasteiger partial charge in [-0.15, -0.1) is 0 Å². The molecule has 0 atom stereocenters. The summed E-state index contributed by atoms with van der Waals surface area (Å²) in [7, 11) is 0. The van der Waals surface area contributed by atoms with Crippen LogP contribution in [0.3, 0.4) is 0 Å². The Kier molecular flexibility index (Phi) is 3.63. The number of nitrogens with zero attached hydrogens (tertiary/aromatic N) is 3. The van der Waals surface area contributed by atoms with Crippen molar-refractivity contribution in [3.63, 3.8) is 0 Å². The Labute approximate surface area is 127 Å². The van der Waals surface area contributed by atoms with Crippen LogP contribution in [0.1, 0.15) is 5.56 Å². The number of nitriles is 1. The van der Waals surface area contributed by atoms with E-state index < -0.39 is 0 Å². The summed E-state index contributed by atoms with van der Waals surface area (Å²) in [6, 6.07) is 20.8. The molecule has 0 aliphatic rings. The number of rotatable bonds is 2. The van der Waals surface area contributed by atoms with Gasteiger partial charge in [0.25, 0.3) is 0 Å². The van der Waals surface area contributed by atoms with E-state index in [1.807, 2.05) is 36.4 Å². The van der Waals surface area contributed by atoms with Crippen LogP contribution in [0, 0.1) is 11.3 Å². The van der Waals surface area contributed by atoms with E-state index in [4.69, 9.17) is 16.9 Å². The first-order chi connectivity index (χ1) is 10.3. The molecule has 0 bridgehead atoms. The van der Waals surface area contributed by atoms with Crippen molar-refractivity contribution in [2.75, 3.05) is 0 Å². The maximum Gasteiger partial charge on any atom is 0.161 e. The largest absolute Gasteiger partial charge is 0.228 e. The molecule has 0 aliphatic carbocycles. The van der Waals surface area contributed by atoms with Gasteiger partial charge in [0.15, 0.2) is 5.82 Å². The number of benzene rings is 2. The fourth-order valence-electron chi connectivity index (χ4n) is 2.03. The quantitative estimate of drug-likeness (QED) is 0.660. The van der Waals surface area contributed by atoms with E-state index in [1.165, 1.54) is 0 Å². The minimum atomic E-state index is 0.376. The van der Waals surface area contributed by atoms with E-state index in [0.717, 1.165) is 16.8 Å². The molecular formula is C17H10ClN3. The first kappa shape index (κ1) is 13.3. The molecule has 0 aliphatic heterocycles. The maximum atomic E-state index is 8.98. The van der Waals surface area contributed by atoms with Crippen LogP contribution in [0.5, 0.6) is 0 Å². The fourth-order valence-corrected chi connectivity index (χ4v) is 2.21. The molecule has 0 radical (unpaired) electrons. The first-order valence-corrected chi connectivity index (χ1v) is 6.74. The first-order valence-electron chi connectivity index (χ1n) is 6.37. The van der Waals surface area contributed by atoms with Gasteiger partial charge in [0.1, 0.15) is 5.15 Å². The predicted molar refractivity (Wildman–Crippen MR) is 82.6 cm³/mol. The monoisotopic (exact) mass is 291 g/mol. The molecule has 0 amide bonds.